The molecule has 0 saturated heterocycles. The van der Waals surface area contributed by atoms with E-state index in [2.05, 4.69) is 10.3 Å². The predicted octanol–water partition coefficient (Wildman–Crippen LogP) is 3.20. The molecule has 0 bridgehead atoms. The van der Waals surface area contributed by atoms with E-state index < -0.39 is 23.4 Å². The van der Waals surface area contributed by atoms with Crippen LogP contribution in [0.2, 0.25) is 0 Å². The standard InChI is InChI=1S/C20H19N3O7/c1-11-4-5-13(8-16(11)23(26)27)21-18(24)10-30-20(25)15-7-12-6-14(28-2)9-17(29-3)19(12)22-15/h4-9,22H,10H2,1-3H3,(H,21,24). The number of nitrogens with zero attached hydrogens (tertiary/aromatic N) is 1. The van der Waals surface area contributed by atoms with Gasteiger partial charge in [0.25, 0.3) is 11.6 Å². The fraction of sp³-hybridized carbons (Fsp3) is 0.200. The number of rotatable bonds is 7. The third-order valence-corrected chi connectivity index (χ3v) is 4.37. The zero-order chi connectivity index (χ0) is 21.8. The molecule has 0 spiro atoms. The highest BCUT2D eigenvalue weighted by molar-refractivity contribution is 5.99. The molecule has 0 aliphatic heterocycles. The lowest BCUT2D eigenvalue weighted by atomic mass is 10.2. The van der Waals surface area contributed by atoms with Crippen molar-refractivity contribution < 1.29 is 28.7 Å². The summed E-state index contributed by atoms with van der Waals surface area (Å²) in [5.41, 5.74) is 1.30. The molecule has 1 heterocycles. The molecule has 0 fully saturated rings. The van der Waals surface area contributed by atoms with Gasteiger partial charge in [0.05, 0.1) is 24.7 Å². The van der Waals surface area contributed by atoms with Crippen molar-refractivity contribution in [1.29, 1.82) is 0 Å². The van der Waals surface area contributed by atoms with Gasteiger partial charge < -0.3 is 24.5 Å². The van der Waals surface area contributed by atoms with Crippen LogP contribution in [-0.4, -0.2) is 42.6 Å². The Labute approximate surface area is 170 Å². The first-order valence-electron chi connectivity index (χ1n) is 8.79. The molecular weight excluding hydrogens is 394 g/mol. The molecule has 2 aromatic carbocycles. The highest BCUT2D eigenvalue weighted by Crippen LogP contribution is 2.31. The van der Waals surface area contributed by atoms with Crippen molar-refractivity contribution in [3.63, 3.8) is 0 Å². The molecule has 1 amide bonds. The molecule has 0 aliphatic rings. The number of anilines is 1. The lowest BCUT2D eigenvalue weighted by Gasteiger charge is -2.07. The maximum atomic E-state index is 12.3. The highest BCUT2D eigenvalue weighted by atomic mass is 16.6. The summed E-state index contributed by atoms with van der Waals surface area (Å²) in [5.74, 6) is -0.318. The second-order valence-corrected chi connectivity index (χ2v) is 6.36. The lowest BCUT2D eigenvalue weighted by molar-refractivity contribution is -0.385. The summed E-state index contributed by atoms with van der Waals surface area (Å²) in [6.07, 6.45) is 0. The number of fused-ring (bicyclic) bond motifs is 1. The summed E-state index contributed by atoms with van der Waals surface area (Å²) in [4.78, 5) is 37.7. The molecule has 156 valence electrons. The molecule has 30 heavy (non-hydrogen) atoms. The second-order valence-electron chi connectivity index (χ2n) is 6.36. The molecule has 0 unspecified atom stereocenters. The average molecular weight is 413 g/mol. The number of aryl methyl sites for hydroxylation is 1. The molecule has 3 aromatic rings. The van der Waals surface area contributed by atoms with Crippen LogP contribution in [0, 0.1) is 17.0 Å². The number of nitrogens with one attached hydrogen (secondary N) is 2. The van der Waals surface area contributed by atoms with Crippen molar-refractivity contribution >= 4 is 34.2 Å². The number of hydrogen-bond donors (Lipinski definition) is 2. The summed E-state index contributed by atoms with van der Waals surface area (Å²) < 4.78 is 15.5. The van der Waals surface area contributed by atoms with Gasteiger partial charge in [-0.15, -0.1) is 0 Å². The van der Waals surface area contributed by atoms with Crippen LogP contribution in [0.15, 0.2) is 36.4 Å². The van der Waals surface area contributed by atoms with Gasteiger partial charge in [0.1, 0.15) is 17.2 Å². The number of H-pyrrole nitrogens is 1. The number of benzene rings is 2. The Morgan fingerprint density at radius 1 is 1.13 bits per heavy atom. The molecule has 10 nitrogen and oxygen atoms in total. The highest BCUT2D eigenvalue weighted by Gasteiger charge is 2.17. The van der Waals surface area contributed by atoms with Crippen LogP contribution in [0.1, 0.15) is 16.1 Å². The number of aromatic nitrogens is 1. The zero-order valence-corrected chi connectivity index (χ0v) is 16.5. The molecule has 0 radical (unpaired) electrons. The van der Waals surface area contributed by atoms with E-state index >= 15 is 0 Å². The van der Waals surface area contributed by atoms with Gasteiger partial charge in [-0.05, 0) is 25.1 Å². The minimum atomic E-state index is -0.739. The average Bonchev–Trinajstić information content (AvgIpc) is 3.16. The van der Waals surface area contributed by atoms with Crippen molar-refractivity contribution in [3.05, 3.63) is 57.8 Å². The number of ether oxygens (including phenoxy) is 3. The van der Waals surface area contributed by atoms with Gasteiger partial charge in [-0.2, -0.15) is 0 Å². The van der Waals surface area contributed by atoms with Gasteiger partial charge in [0.2, 0.25) is 0 Å². The van der Waals surface area contributed by atoms with Gasteiger partial charge in [0, 0.05) is 28.8 Å². The normalized spacial score (nSPS) is 10.5. The van der Waals surface area contributed by atoms with E-state index in [1.54, 1.807) is 25.1 Å². The van der Waals surface area contributed by atoms with Crippen LogP contribution in [0.3, 0.4) is 0 Å². The van der Waals surface area contributed by atoms with Crippen LogP contribution >= 0.6 is 0 Å². The number of nitro benzene ring substituents is 1. The number of hydrogen-bond acceptors (Lipinski definition) is 7. The first-order chi connectivity index (χ1) is 14.3. The van der Waals surface area contributed by atoms with Crippen LogP contribution in [0.25, 0.3) is 10.9 Å². The summed E-state index contributed by atoms with van der Waals surface area (Å²) in [6, 6.07) is 9.24. The zero-order valence-electron chi connectivity index (χ0n) is 16.5. The van der Waals surface area contributed by atoms with E-state index in [1.165, 1.54) is 32.4 Å². The van der Waals surface area contributed by atoms with Crippen LogP contribution < -0.4 is 14.8 Å². The minimum Gasteiger partial charge on any atom is -0.497 e. The molecule has 0 saturated carbocycles. The van der Waals surface area contributed by atoms with E-state index in [-0.39, 0.29) is 17.1 Å². The Balaban J connectivity index is 1.67. The number of aromatic amines is 1. The van der Waals surface area contributed by atoms with Crippen molar-refractivity contribution in [1.82, 2.24) is 4.98 Å². The number of methoxy groups -OCH3 is 2. The van der Waals surface area contributed by atoms with E-state index in [0.717, 1.165) is 0 Å². The fourth-order valence-electron chi connectivity index (χ4n) is 2.86. The maximum Gasteiger partial charge on any atom is 0.355 e. The first kappa shape index (κ1) is 20.6. The quantitative estimate of drug-likeness (QED) is 0.345. The molecule has 0 atom stereocenters. The predicted molar refractivity (Wildman–Crippen MR) is 108 cm³/mol. The Kier molecular flexibility index (Phi) is 5.86. The number of carbonyl (C=O) groups is 2. The van der Waals surface area contributed by atoms with E-state index in [0.29, 0.717) is 28.0 Å². The van der Waals surface area contributed by atoms with Crippen molar-refractivity contribution in [3.8, 4) is 11.5 Å². The van der Waals surface area contributed by atoms with Gasteiger partial charge in [-0.1, -0.05) is 6.07 Å². The molecule has 10 heteroatoms. The van der Waals surface area contributed by atoms with Gasteiger partial charge in [-0.3, -0.25) is 14.9 Å². The van der Waals surface area contributed by atoms with Gasteiger partial charge in [0.15, 0.2) is 6.61 Å². The van der Waals surface area contributed by atoms with E-state index in [4.69, 9.17) is 14.2 Å². The third kappa shape index (κ3) is 4.32. The molecule has 3 rings (SSSR count). The Bertz CT molecular complexity index is 1140. The largest absolute Gasteiger partial charge is 0.497 e. The smallest absolute Gasteiger partial charge is 0.355 e. The second kappa shape index (κ2) is 8.52. The lowest BCUT2D eigenvalue weighted by Crippen LogP contribution is -2.21. The molecular formula is C20H19N3O7. The maximum absolute atomic E-state index is 12.3. The number of amides is 1. The minimum absolute atomic E-state index is 0.118. The Morgan fingerprint density at radius 3 is 2.57 bits per heavy atom. The third-order valence-electron chi connectivity index (χ3n) is 4.37. The van der Waals surface area contributed by atoms with Gasteiger partial charge >= 0.3 is 5.97 Å². The van der Waals surface area contributed by atoms with E-state index in [9.17, 15) is 19.7 Å². The summed E-state index contributed by atoms with van der Waals surface area (Å²) in [6.45, 7) is 1.03. The van der Waals surface area contributed by atoms with Crippen molar-refractivity contribution in [2.75, 3.05) is 26.1 Å². The molecule has 1 aromatic heterocycles. The number of nitro groups is 1. The van der Waals surface area contributed by atoms with E-state index in [1.807, 2.05) is 0 Å². The summed E-state index contributed by atoms with van der Waals surface area (Å²) >= 11 is 0. The Hall–Kier alpha value is -4.08. The number of carbonyl (C=O) groups excluding carboxylic acids is 2. The fourth-order valence-corrected chi connectivity index (χ4v) is 2.86. The van der Waals surface area contributed by atoms with Crippen molar-refractivity contribution in [2.45, 2.75) is 6.92 Å². The molecule has 2 N–H and O–H groups in total. The molecule has 0 aliphatic carbocycles. The Morgan fingerprint density at radius 2 is 1.90 bits per heavy atom. The summed E-state index contributed by atoms with van der Waals surface area (Å²) in [7, 11) is 3.01. The van der Waals surface area contributed by atoms with Crippen molar-refractivity contribution in [2.24, 2.45) is 0 Å². The monoisotopic (exact) mass is 413 g/mol. The van der Waals surface area contributed by atoms with Crippen LogP contribution in [0.5, 0.6) is 11.5 Å². The summed E-state index contributed by atoms with van der Waals surface area (Å²) in [5, 5.41) is 14.1. The number of esters is 1. The topological polar surface area (TPSA) is 133 Å². The first-order valence-corrected chi connectivity index (χ1v) is 8.79. The SMILES string of the molecule is COc1cc(OC)c2[nH]c(C(=O)OCC(=O)Nc3ccc(C)c([N+](=O)[O-])c3)cc2c1. The van der Waals surface area contributed by atoms with Crippen LogP contribution in [0.4, 0.5) is 11.4 Å². The van der Waals surface area contributed by atoms with Crippen LogP contribution in [-0.2, 0) is 9.53 Å². The van der Waals surface area contributed by atoms with Gasteiger partial charge in [-0.25, -0.2) is 4.79 Å².